The fraction of sp³-hybridized carbons (Fsp3) is 0.242. The Hall–Kier alpha value is -6.05. The van der Waals surface area contributed by atoms with Gasteiger partial charge in [-0.15, -0.1) is 0 Å². The number of phenols is 2. The summed E-state index contributed by atoms with van der Waals surface area (Å²) in [6.07, 6.45) is 0. The molecule has 1 heterocycles. The van der Waals surface area contributed by atoms with Crippen LogP contribution in [0.1, 0.15) is 46.0 Å². The zero-order valence-corrected chi connectivity index (χ0v) is 25.5. The van der Waals surface area contributed by atoms with Crippen molar-refractivity contribution in [3.8, 4) is 11.5 Å². The van der Waals surface area contributed by atoms with E-state index in [1.807, 2.05) is 0 Å². The molecule has 0 saturated heterocycles. The van der Waals surface area contributed by atoms with E-state index in [2.05, 4.69) is 15.6 Å². The number of ether oxygens (including phenoxy) is 2. The summed E-state index contributed by atoms with van der Waals surface area (Å²) < 4.78 is 10.9. The van der Waals surface area contributed by atoms with Crippen molar-refractivity contribution in [3.63, 3.8) is 0 Å². The Morgan fingerprint density at radius 1 is 0.872 bits per heavy atom. The van der Waals surface area contributed by atoms with Crippen LogP contribution < -0.4 is 10.6 Å². The molecule has 1 aliphatic rings. The number of carbonyl (C=O) groups is 4. The number of hydrogen-bond acceptors (Lipinski definition) is 11. The minimum absolute atomic E-state index is 0.00168. The standard InChI is InChI=1S/C33H32N4O10/c1-19-27(32(42)46-16-14-34-30(40)21-10-12-24(38)13-11-21)29(22-6-5-7-23(18-22)37(44)45)28(20(2)36-19)33(43)47-17-15-35-31(41)25-8-3-4-9-26(25)39/h3-13,18,27,29,38-39H,14-17H2,1-2H3,(H,34,40)(H,35,41)/t27?,29-/m1/s1. The average Bonchev–Trinajstić information content (AvgIpc) is 3.04. The fourth-order valence-corrected chi connectivity index (χ4v) is 5.07. The van der Waals surface area contributed by atoms with Gasteiger partial charge in [0.15, 0.2) is 0 Å². The lowest BCUT2D eigenvalue weighted by Crippen LogP contribution is -2.38. The van der Waals surface area contributed by atoms with Gasteiger partial charge in [0.2, 0.25) is 0 Å². The number of nitrogens with one attached hydrogen (secondary N) is 2. The van der Waals surface area contributed by atoms with Crippen molar-refractivity contribution in [1.29, 1.82) is 0 Å². The number of nitro benzene ring substituents is 1. The molecule has 14 nitrogen and oxygen atoms in total. The van der Waals surface area contributed by atoms with E-state index in [4.69, 9.17) is 9.47 Å². The second-order valence-corrected chi connectivity index (χ2v) is 10.4. The van der Waals surface area contributed by atoms with Crippen molar-refractivity contribution in [2.75, 3.05) is 26.3 Å². The first-order valence-electron chi connectivity index (χ1n) is 14.5. The number of benzene rings is 3. The number of nitrogens with zero attached hydrogens (tertiary/aromatic N) is 2. The number of rotatable bonds is 12. The molecule has 0 aromatic heterocycles. The summed E-state index contributed by atoms with van der Waals surface area (Å²) in [5, 5.41) is 36.0. The van der Waals surface area contributed by atoms with Crippen LogP contribution in [0.2, 0.25) is 0 Å². The summed E-state index contributed by atoms with van der Waals surface area (Å²) in [4.78, 5) is 67.2. The highest BCUT2D eigenvalue weighted by molar-refractivity contribution is 6.07. The van der Waals surface area contributed by atoms with Crippen molar-refractivity contribution in [3.05, 3.63) is 111 Å². The van der Waals surface area contributed by atoms with Crippen molar-refractivity contribution in [2.24, 2.45) is 10.9 Å². The zero-order valence-electron chi connectivity index (χ0n) is 25.5. The van der Waals surface area contributed by atoms with Crippen LogP contribution in [0.4, 0.5) is 5.69 Å². The topological polar surface area (TPSA) is 207 Å². The first-order chi connectivity index (χ1) is 22.5. The summed E-state index contributed by atoms with van der Waals surface area (Å²) in [6, 6.07) is 17.0. The maximum atomic E-state index is 13.5. The second kappa shape index (κ2) is 15.3. The average molecular weight is 645 g/mol. The monoisotopic (exact) mass is 644 g/mol. The molecule has 1 aliphatic heterocycles. The number of para-hydroxylation sites is 1. The van der Waals surface area contributed by atoms with Gasteiger partial charge >= 0.3 is 11.9 Å². The second-order valence-electron chi connectivity index (χ2n) is 10.4. The summed E-state index contributed by atoms with van der Waals surface area (Å²) in [6.45, 7) is 2.47. The van der Waals surface area contributed by atoms with Crippen molar-refractivity contribution in [2.45, 2.75) is 19.8 Å². The quantitative estimate of drug-likeness (QED) is 0.0978. The highest BCUT2D eigenvalue weighted by Gasteiger charge is 2.43. The molecule has 0 radical (unpaired) electrons. The molecule has 14 heteroatoms. The van der Waals surface area contributed by atoms with Crippen LogP contribution in [0.25, 0.3) is 0 Å². The number of phenolic OH excluding ortho intramolecular Hbond substituents is 2. The van der Waals surface area contributed by atoms with Crippen LogP contribution in [0.3, 0.4) is 0 Å². The molecule has 0 spiro atoms. The number of aromatic hydroxyl groups is 2. The molecule has 0 aliphatic carbocycles. The van der Waals surface area contributed by atoms with Gasteiger partial charge in [0.05, 0.1) is 29.1 Å². The summed E-state index contributed by atoms with van der Waals surface area (Å²) in [5.74, 6) is -5.13. The molecule has 4 N–H and O–H groups in total. The minimum Gasteiger partial charge on any atom is -0.508 e. The van der Waals surface area contributed by atoms with E-state index >= 15 is 0 Å². The highest BCUT2D eigenvalue weighted by atomic mass is 16.6. The molecular formula is C33H32N4O10. The first kappa shape index (κ1) is 33.8. The molecule has 4 rings (SSSR count). The van der Waals surface area contributed by atoms with E-state index < -0.39 is 40.5 Å². The van der Waals surface area contributed by atoms with Gasteiger partial charge in [0, 0.05) is 35.0 Å². The highest BCUT2D eigenvalue weighted by Crippen LogP contribution is 2.41. The smallest absolute Gasteiger partial charge is 0.336 e. The van der Waals surface area contributed by atoms with Gasteiger partial charge in [-0.3, -0.25) is 29.5 Å². The van der Waals surface area contributed by atoms with Crippen molar-refractivity contribution < 1.29 is 43.8 Å². The Bertz CT molecular complexity index is 1750. The number of carbonyl (C=O) groups excluding carboxylic acids is 4. The molecule has 3 aromatic rings. The van der Waals surface area contributed by atoms with Crippen LogP contribution in [-0.2, 0) is 19.1 Å². The van der Waals surface area contributed by atoms with E-state index in [1.165, 1.54) is 54.6 Å². The van der Waals surface area contributed by atoms with Gasteiger partial charge in [-0.2, -0.15) is 0 Å². The van der Waals surface area contributed by atoms with Crippen molar-refractivity contribution >= 4 is 35.2 Å². The van der Waals surface area contributed by atoms with Gasteiger partial charge in [0.25, 0.3) is 17.5 Å². The maximum absolute atomic E-state index is 13.5. The number of amides is 2. The number of nitro groups is 1. The van der Waals surface area contributed by atoms with Crippen LogP contribution in [-0.4, -0.2) is 70.9 Å². The van der Waals surface area contributed by atoms with E-state index in [9.17, 15) is 39.5 Å². The van der Waals surface area contributed by atoms with Gasteiger partial charge in [-0.05, 0) is 55.8 Å². The summed E-state index contributed by atoms with van der Waals surface area (Å²) in [7, 11) is 0. The summed E-state index contributed by atoms with van der Waals surface area (Å²) >= 11 is 0. The van der Waals surface area contributed by atoms with Gasteiger partial charge in [0.1, 0.15) is 30.6 Å². The lowest BCUT2D eigenvalue weighted by molar-refractivity contribution is -0.384. The van der Waals surface area contributed by atoms with Crippen LogP contribution in [0.5, 0.6) is 11.5 Å². The third-order valence-electron chi connectivity index (χ3n) is 7.27. The van der Waals surface area contributed by atoms with Gasteiger partial charge in [-0.25, -0.2) is 4.79 Å². The Kier molecular flexibility index (Phi) is 11.0. The molecule has 2 amide bonds. The van der Waals surface area contributed by atoms with Crippen LogP contribution >= 0.6 is 0 Å². The predicted octanol–water partition coefficient (Wildman–Crippen LogP) is 3.40. The lowest BCUT2D eigenvalue weighted by atomic mass is 9.75. The Balaban J connectivity index is 1.49. The van der Waals surface area contributed by atoms with E-state index in [0.29, 0.717) is 5.71 Å². The minimum atomic E-state index is -1.17. The third kappa shape index (κ3) is 8.36. The van der Waals surface area contributed by atoms with Crippen LogP contribution in [0.15, 0.2) is 89.1 Å². The van der Waals surface area contributed by atoms with Crippen LogP contribution in [0, 0.1) is 16.0 Å². The molecule has 0 fully saturated rings. The third-order valence-corrected chi connectivity index (χ3v) is 7.27. The fourth-order valence-electron chi connectivity index (χ4n) is 5.07. The normalized spacial score (nSPS) is 15.7. The molecule has 47 heavy (non-hydrogen) atoms. The largest absolute Gasteiger partial charge is 0.508 e. The number of aliphatic imine (C=N–C) groups is 1. The Morgan fingerprint density at radius 3 is 2.21 bits per heavy atom. The van der Waals surface area contributed by atoms with E-state index in [-0.39, 0.29) is 71.5 Å². The van der Waals surface area contributed by atoms with E-state index in [1.54, 1.807) is 32.0 Å². The molecule has 1 unspecified atom stereocenters. The molecule has 0 bridgehead atoms. The molecule has 2 atom stereocenters. The molecule has 0 saturated carbocycles. The van der Waals surface area contributed by atoms with Crippen molar-refractivity contribution in [1.82, 2.24) is 10.6 Å². The SMILES string of the molecule is CC1=NC(C)=C(C(=O)OCCNC(=O)c2ccccc2O)[C@H](c2cccc([N+](=O)[O-])c2)C1C(=O)OCCNC(=O)c1ccc(O)cc1. The van der Waals surface area contributed by atoms with Gasteiger partial charge in [-0.1, -0.05) is 24.3 Å². The maximum Gasteiger partial charge on any atom is 0.336 e. The zero-order chi connectivity index (χ0) is 34.1. The molecule has 244 valence electrons. The summed E-state index contributed by atoms with van der Waals surface area (Å²) in [5.41, 5.74) is 0.846. The number of allylic oxidation sites excluding steroid dienone is 1. The Morgan fingerprint density at radius 2 is 1.53 bits per heavy atom. The van der Waals surface area contributed by atoms with Gasteiger partial charge < -0.3 is 30.3 Å². The first-order valence-corrected chi connectivity index (χ1v) is 14.5. The number of hydrogen-bond donors (Lipinski definition) is 4. The predicted molar refractivity (Wildman–Crippen MR) is 168 cm³/mol. The number of esters is 2. The van der Waals surface area contributed by atoms with E-state index in [0.717, 1.165) is 0 Å². The molecular weight excluding hydrogens is 612 g/mol. The lowest BCUT2D eigenvalue weighted by Gasteiger charge is -2.31. The number of non-ortho nitro benzene ring substituents is 1. The molecule has 3 aromatic carbocycles. The Labute approximate surface area is 268 Å².